The first-order chi connectivity index (χ1) is 17.4. The number of carbonyl (C=O) groups is 4. The molecule has 0 aliphatic carbocycles. The maximum Gasteiger partial charge on any atom is 0.317 e. The average molecular weight is 512 g/mol. The number of benzene rings is 1. The van der Waals surface area contributed by atoms with E-state index in [0.717, 1.165) is 5.39 Å². The number of aromatic nitrogens is 1. The van der Waals surface area contributed by atoms with E-state index in [1.165, 1.54) is 0 Å². The predicted octanol–water partition coefficient (Wildman–Crippen LogP) is 1.09. The summed E-state index contributed by atoms with van der Waals surface area (Å²) in [6.07, 6.45) is 7.39. The lowest BCUT2D eigenvalue weighted by Crippen LogP contribution is -2.57. The number of nitrogens with zero attached hydrogens (tertiary/aromatic N) is 2. The number of rotatable bonds is 7. The quantitative estimate of drug-likeness (QED) is 0.219. The van der Waals surface area contributed by atoms with Crippen molar-refractivity contribution in [2.24, 2.45) is 0 Å². The third kappa shape index (κ3) is 5.07. The number of fused-ring (bicyclic) bond motifs is 2. The summed E-state index contributed by atoms with van der Waals surface area (Å²) in [5.41, 5.74) is -0.128. The summed E-state index contributed by atoms with van der Waals surface area (Å²) < 4.78 is 5.18. The van der Waals surface area contributed by atoms with E-state index in [-0.39, 0.29) is 29.5 Å². The summed E-state index contributed by atoms with van der Waals surface area (Å²) in [5.74, 6) is -2.27. The van der Waals surface area contributed by atoms with Crippen LogP contribution >= 0.6 is 0 Å². The van der Waals surface area contributed by atoms with E-state index in [1.54, 1.807) is 23.2 Å². The van der Waals surface area contributed by atoms with Crippen LogP contribution in [0.15, 0.2) is 48.7 Å². The van der Waals surface area contributed by atoms with Crippen LogP contribution in [-0.4, -0.2) is 68.3 Å². The Morgan fingerprint density at radius 3 is 2.78 bits per heavy atom. The smallest absolute Gasteiger partial charge is 0.317 e. The van der Waals surface area contributed by atoms with Gasteiger partial charge in [-0.05, 0) is 37.1 Å². The number of carboxylic acid groups (broad SMARTS) is 1. The molecule has 0 radical (unpaired) electrons. The van der Waals surface area contributed by atoms with Gasteiger partial charge in [0.05, 0.1) is 6.42 Å². The van der Waals surface area contributed by atoms with Crippen LogP contribution in [0.1, 0.15) is 42.6 Å². The molecule has 11 heteroatoms. The normalized spacial score (nSPS) is 26.9. The number of carboxylic acids is 1. The van der Waals surface area contributed by atoms with Crippen molar-refractivity contribution in [1.29, 1.82) is 0 Å². The number of hydrogen-bond acceptors (Lipinski definition) is 6. The zero-order valence-electron chi connectivity index (χ0n) is 19.4. The van der Waals surface area contributed by atoms with Crippen LogP contribution in [0.4, 0.5) is 0 Å². The Morgan fingerprint density at radius 1 is 1.19 bits per heavy atom. The summed E-state index contributed by atoms with van der Waals surface area (Å²) in [4.78, 5) is 57.1. The van der Waals surface area contributed by atoms with Gasteiger partial charge in [-0.1, -0.05) is 36.4 Å². The fourth-order valence-corrected chi connectivity index (χ4v) is 5.56. The maximum absolute atomic E-state index is 13.7. The molecule has 36 heavy (non-hydrogen) atoms. The van der Waals surface area contributed by atoms with Gasteiger partial charge in [0.1, 0.15) is 23.8 Å². The Kier molecular flexibility index (Phi) is 6.92. The first-order valence-electron chi connectivity index (χ1n) is 11.9. The molecule has 2 aromatic rings. The highest BCUT2D eigenvalue weighted by atomic mass is 32.2. The minimum Gasteiger partial charge on any atom is -0.481 e. The third-order valence-electron chi connectivity index (χ3n) is 6.79. The van der Waals surface area contributed by atoms with Crippen molar-refractivity contribution < 1.29 is 28.5 Å². The van der Waals surface area contributed by atoms with Crippen LogP contribution in [0.5, 0.6) is 0 Å². The molecule has 4 heterocycles. The van der Waals surface area contributed by atoms with Crippen molar-refractivity contribution in [2.75, 3.05) is 0 Å². The van der Waals surface area contributed by atoms with Crippen molar-refractivity contribution in [1.82, 2.24) is 20.5 Å². The molecule has 2 saturated heterocycles. The van der Waals surface area contributed by atoms with Gasteiger partial charge < -0.3 is 20.6 Å². The topological polar surface area (TPSA) is 141 Å². The molecular weight excluding hydrogens is 484 g/mol. The lowest BCUT2D eigenvalue weighted by atomic mass is 10.0. The molecule has 5 rings (SSSR count). The number of pyridine rings is 1. The standard InChI is InChI=1S/C25H26N4O6S/c30-20(31)13-18(25-35-36-25)28-22(32)19-10-9-15-6-2-4-8-17(24(34)29(15)19)27-23(33)21-16-7-3-1-5-14(16)11-12-26-21/h1,3-5,7-8,11-12,15,17-19,25H,2,6,9-10,13H2,(H,27,33)(H,28,32)(H,30,31)/p+1/b8-4-/t15-,17-,18-,19-,25+/m0/s1. The van der Waals surface area contributed by atoms with Gasteiger partial charge in [0.15, 0.2) is 12.0 Å². The Hall–Kier alpha value is -3.44. The predicted molar refractivity (Wildman–Crippen MR) is 133 cm³/mol. The SMILES string of the molecule is O=C(O)C[C@H](NC(=O)[C@@H]1CC[C@@H]2CC/C=C\[C@H](NC(=O)c3nccc4ccccc34)C(=O)N21)[C@@H]1O[SH+]1. The van der Waals surface area contributed by atoms with Gasteiger partial charge in [-0.25, -0.2) is 0 Å². The molecule has 3 N–H and O–H groups in total. The summed E-state index contributed by atoms with van der Waals surface area (Å²) in [7, 11) is 0. The van der Waals surface area contributed by atoms with Crippen LogP contribution in [0, 0.1) is 0 Å². The molecular formula is C25H27N4O6S+. The van der Waals surface area contributed by atoms with Gasteiger partial charge in [0, 0.05) is 17.6 Å². The zero-order valence-corrected chi connectivity index (χ0v) is 20.3. The third-order valence-corrected chi connectivity index (χ3v) is 7.60. The van der Waals surface area contributed by atoms with Gasteiger partial charge >= 0.3 is 11.4 Å². The highest BCUT2D eigenvalue weighted by molar-refractivity contribution is 7.80. The molecule has 0 spiro atoms. The van der Waals surface area contributed by atoms with E-state index in [9.17, 15) is 24.3 Å². The Labute approximate surface area is 211 Å². The molecule has 0 saturated carbocycles. The number of thiol groups is 1. The van der Waals surface area contributed by atoms with E-state index in [1.807, 2.05) is 30.3 Å². The summed E-state index contributed by atoms with van der Waals surface area (Å²) in [5, 5.41) is 16.3. The Bertz CT molecular complexity index is 1230. The molecule has 1 aromatic carbocycles. The lowest BCUT2D eigenvalue weighted by Gasteiger charge is -2.34. The molecule has 1 aromatic heterocycles. The second-order valence-corrected chi connectivity index (χ2v) is 10.1. The number of hydrogen-bond donors (Lipinski definition) is 3. The van der Waals surface area contributed by atoms with E-state index in [0.29, 0.717) is 43.1 Å². The van der Waals surface area contributed by atoms with Crippen LogP contribution in [-0.2, 0) is 30.6 Å². The van der Waals surface area contributed by atoms with Crippen LogP contribution in [0.2, 0.25) is 0 Å². The molecule has 2 fully saturated rings. The highest BCUT2D eigenvalue weighted by Crippen LogP contribution is 2.31. The number of aliphatic carboxylic acids is 1. The van der Waals surface area contributed by atoms with Gasteiger partial charge in [-0.15, -0.1) is 4.18 Å². The van der Waals surface area contributed by atoms with Crippen molar-refractivity contribution in [3.8, 4) is 0 Å². The summed E-state index contributed by atoms with van der Waals surface area (Å²) in [6, 6.07) is 6.72. The minimum atomic E-state index is -1.03. The fraction of sp³-hybridized carbons (Fsp3) is 0.400. The van der Waals surface area contributed by atoms with Crippen molar-refractivity contribution in [3.63, 3.8) is 0 Å². The number of carbonyl (C=O) groups excluding carboxylic acids is 3. The van der Waals surface area contributed by atoms with E-state index in [4.69, 9.17) is 4.18 Å². The number of allylic oxidation sites excluding steroid dienone is 1. The van der Waals surface area contributed by atoms with Gasteiger partial charge in [0.25, 0.3) is 5.91 Å². The number of nitrogens with one attached hydrogen (secondary N) is 2. The molecule has 0 unspecified atom stereocenters. The monoisotopic (exact) mass is 511 g/mol. The molecule has 5 atom stereocenters. The molecule has 3 aliphatic rings. The molecule has 3 amide bonds. The minimum absolute atomic E-state index is 0.137. The van der Waals surface area contributed by atoms with Gasteiger partial charge in [-0.2, -0.15) is 0 Å². The Morgan fingerprint density at radius 2 is 2.00 bits per heavy atom. The molecule has 10 nitrogen and oxygen atoms in total. The summed E-state index contributed by atoms with van der Waals surface area (Å²) >= 11 is 0.638. The van der Waals surface area contributed by atoms with Crippen molar-refractivity contribution in [3.05, 3.63) is 54.4 Å². The second-order valence-electron chi connectivity index (χ2n) is 9.14. The van der Waals surface area contributed by atoms with Crippen LogP contribution < -0.4 is 10.6 Å². The van der Waals surface area contributed by atoms with Gasteiger partial charge in [0.2, 0.25) is 11.8 Å². The Balaban J connectivity index is 1.34. The highest BCUT2D eigenvalue weighted by Gasteiger charge is 2.50. The van der Waals surface area contributed by atoms with E-state index < -0.39 is 35.9 Å². The van der Waals surface area contributed by atoms with E-state index in [2.05, 4.69) is 15.6 Å². The first kappa shape index (κ1) is 24.3. The molecule has 3 aliphatic heterocycles. The maximum atomic E-state index is 13.7. The molecule has 0 bridgehead atoms. The second kappa shape index (κ2) is 10.3. The largest absolute Gasteiger partial charge is 0.481 e. The van der Waals surface area contributed by atoms with Crippen LogP contribution in [0.25, 0.3) is 10.8 Å². The first-order valence-corrected chi connectivity index (χ1v) is 12.8. The average Bonchev–Trinajstić information content (AvgIpc) is 3.63. The number of amides is 3. The van der Waals surface area contributed by atoms with Gasteiger partial charge in [-0.3, -0.25) is 24.2 Å². The zero-order chi connectivity index (χ0) is 25.2. The molecule has 188 valence electrons. The van der Waals surface area contributed by atoms with E-state index >= 15 is 0 Å². The van der Waals surface area contributed by atoms with Crippen LogP contribution in [0.3, 0.4) is 0 Å². The lowest BCUT2D eigenvalue weighted by molar-refractivity contribution is -0.142. The van der Waals surface area contributed by atoms with Crippen molar-refractivity contribution in [2.45, 2.75) is 61.7 Å². The summed E-state index contributed by atoms with van der Waals surface area (Å²) in [6.45, 7) is 0. The van der Waals surface area contributed by atoms with Crippen molar-refractivity contribution >= 4 is 46.5 Å². The fourth-order valence-electron chi connectivity index (χ4n) is 5.01.